The minimum Gasteiger partial charge on any atom is -0.394 e. The van der Waals surface area contributed by atoms with E-state index in [2.05, 4.69) is 25.6 Å². The molecule has 2 heterocycles. The quantitative estimate of drug-likeness (QED) is 0.570. The molecular formula is C21H24FN5O. The van der Waals surface area contributed by atoms with Crippen LogP contribution in [-0.4, -0.2) is 32.7 Å². The first-order chi connectivity index (χ1) is 13.5. The maximum Gasteiger partial charge on any atom is 0.225 e. The van der Waals surface area contributed by atoms with Crippen LogP contribution in [0.5, 0.6) is 0 Å². The van der Waals surface area contributed by atoms with Crippen LogP contribution in [0.25, 0.3) is 11.3 Å². The molecule has 2 aromatic heterocycles. The van der Waals surface area contributed by atoms with Crippen molar-refractivity contribution in [2.75, 3.05) is 17.2 Å². The van der Waals surface area contributed by atoms with Gasteiger partial charge in [-0.2, -0.15) is 4.98 Å². The van der Waals surface area contributed by atoms with Crippen molar-refractivity contribution in [3.63, 3.8) is 0 Å². The molecule has 0 spiro atoms. The van der Waals surface area contributed by atoms with Crippen LogP contribution in [0.15, 0.2) is 48.8 Å². The highest BCUT2D eigenvalue weighted by Gasteiger charge is 2.15. The summed E-state index contributed by atoms with van der Waals surface area (Å²) in [6.07, 6.45) is 3.41. The van der Waals surface area contributed by atoms with E-state index >= 15 is 0 Å². The molecule has 0 unspecified atom stereocenters. The number of pyridine rings is 1. The summed E-state index contributed by atoms with van der Waals surface area (Å²) < 4.78 is 13.9. The van der Waals surface area contributed by atoms with Gasteiger partial charge in [0.2, 0.25) is 5.95 Å². The number of halogens is 1. The second kappa shape index (κ2) is 8.75. The Bertz CT molecular complexity index is 933. The molecule has 6 nitrogen and oxygen atoms in total. The first kappa shape index (κ1) is 19.7. The van der Waals surface area contributed by atoms with Crippen LogP contribution >= 0.6 is 0 Å². The number of anilines is 3. The van der Waals surface area contributed by atoms with Crippen LogP contribution in [-0.2, 0) is 0 Å². The topological polar surface area (TPSA) is 83.0 Å². The Kier molecular flexibility index (Phi) is 6.16. The molecule has 0 aliphatic carbocycles. The number of benzene rings is 1. The van der Waals surface area contributed by atoms with Gasteiger partial charge in [-0.1, -0.05) is 19.9 Å². The molecule has 0 aliphatic rings. The van der Waals surface area contributed by atoms with E-state index < -0.39 is 0 Å². The predicted octanol–water partition coefficient (Wildman–Crippen LogP) is 4.16. The van der Waals surface area contributed by atoms with Gasteiger partial charge in [-0.15, -0.1) is 0 Å². The van der Waals surface area contributed by atoms with E-state index in [4.69, 9.17) is 0 Å². The SMILES string of the molecule is Cc1c(F)cccc1Nc1cc(-c2cccnc2)nc(N[C@H](CO)C(C)C)n1. The second-order valence-electron chi connectivity index (χ2n) is 6.92. The van der Waals surface area contributed by atoms with E-state index in [9.17, 15) is 9.50 Å². The molecule has 0 fully saturated rings. The highest BCUT2D eigenvalue weighted by atomic mass is 19.1. The summed E-state index contributed by atoms with van der Waals surface area (Å²) in [5, 5.41) is 16.0. The third kappa shape index (κ3) is 4.61. The van der Waals surface area contributed by atoms with Crippen LogP contribution in [0.2, 0.25) is 0 Å². The van der Waals surface area contributed by atoms with E-state index in [-0.39, 0.29) is 24.4 Å². The van der Waals surface area contributed by atoms with Crippen LogP contribution < -0.4 is 10.6 Å². The molecule has 0 amide bonds. The largest absolute Gasteiger partial charge is 0.394 e. The minimum absolute atomic E-state index is 0.0378. The third-order valence-corrected chi connectivity index (χ3v) is 4.53. The number of aromatic nitrogens is 3. The number of nitrogens with one attached hydrogen (secondary N) is 2. The fraction of sp³-hybridized carbons (Fsp3) is 0.286. The zero-order chi connectivity index (χ0) is 20.1. The summed E-state index contributed by atoms with van der Waals surface area (Å²) in [6, 6.07) is 10.2. The number of rotatable bonds is 7. The standard InChI is InChI=1S/C21H24FN5O/c1-13(2)19(12-28)26-21-25-18(15-6-5-9-23-11-15)10-20(27-21)24-17-8-4-7-16(22)14(17)3/h4-11,13,19,28H,12H2,1-3H3,(H2,24,25,26,27)/t19-/m1/s1. The van der Waals surface area contributed by atoms with Gasteiger partial charge in [0.1, 0.15) is 11.6 Å². The zero-order valence-electron chi connectivity index (χ0n) is 16.1. The number of hydrogen-bond donors (Lipinski definition) is 3. The van der Waals surface area contributed by atoms with E-state index in [0.29, 0.717) is 28.7 Å². The van der Waals surface area contributed by atoms with Crippen molar-refractivity contribution >= 4 is 17.5 Å². The Labute approximate surface area is 163 Å². The van der Waals surface area contributed by atoms with E-state index in [1.807, 2.05) is 26.0 Å². The van der Waals surface area contributed by atoms with Gasteiger partial charge in [-0.3, -0.25) is 4.98 Å². The Hall–Kier alpha value is -3.06. The summed E-state index contributed by atoms with van der Waals surface area (Å²) in [5.74, 6) is 0.804. The van der Waals surface area contributed by atoms with E-state index in [0.717, 1.165) is 5.56 Å². The van der Waals surface area contributed by atoms with Crippen LogP contribution in [0.1, 0.15) is 19.4 Å². The summed E-state index contributed by atoms with van der Waals surface area (Å²) in [4.78, 5) is 13.2. The van der Waals surface area contributed by atoms with Crippen molar-refractivity contribution in [3.05, 3.63) is 60.2 Å². The second-order valence-corrected chi connectivity index (χ2v) is 6.92. The Balaban J connectivity index is 2.00. The zero-order valence-corrected chi connectivity index (χ0v) is 16.1. The molecule has 0 bridgehead atoms. The lowest BCUT2D eigenvalue weighted by Crippen LogP contribution is -2.30. The first-order valence-corrected chi connectivity index (χ1v) is 9.17. The van der Waals surface area contributed by atoms with Gasteiger partial charge in [0.15, 0.2) is 0 Å². The maximum absolute atomic E-state index is 13.9. The Morgan fingerprint density at radius 1 is 1.14 bits per heavy atom. The normalized spacial score (nSPS) is 12.1. The van der Waals surface area contributed by atoms with Crippen molar-refractivity contribution in [2.24, 2.45) is 5.92 Å². The predicted molar refractivity (Wildman–Crippen MR) is 109 cm³/mol. The molecule has 1 atom stereocenters. The molecule has 0 aliphatic heterocycles. The number of aliphatic hydroxyl groups is 1. The van der Waals surface area contributed by atoms with Gasteiger partial charge in [-0.25, -0.2) is 9.37 Å². The minimum atomic E-state index is -0.287. The number of hydrogen-bond acceptors (Lipinski definition) is 6. The first-order valence-electron chi connectivity index (χ1n) is 9.17. The molecule has 146 valence electrons. The molecule has 3 rings (SSSR count). The van der Waals surface area contributed by atoms with Crippen LogP contribution in [0, 0.1) is 18.7 Å². The molecule has 0 saturated carbocycles. The molecule has 0 saturated heterocycles. The maximum atomic E-state index is 13.9. The van der Waals surface area contributed by atoms with Crippen LogP contribution in [0.3, 0.4) is 0 Å². The van der Waals surface area contributed by atoms with Crippen molar-refractivity contribution in [2.45, 2.75) is 26.8 Å². The smallest absolute Gasteiger partial charge is 0.225 e. The van der Waals surface area contributed by atoms with E-state index in [1.165, 1.54) is 6.07 Å². The Morgan fingerprint density at radius 2 is 1.96 bits per heavy atom. The average Bonchev–Trinajstić information content (AvgIpc) is 2.70. The molecule has 0 radical (unpaired) electrons. The molecule has 1 aromatic carbocycles. The van der Waals surface area contributed by atoms with Gasteiger partial charge in [-0.05, 0) is 37.1 Å². The summed E-state index contributed by atoms with van der Waals surface area (Å²) in [7, 11) is 0. The Morgan fingerprint density at radius 3 is 2.64 bits per heavy atom. The highest BCUT2D eigenvalue weighted by Crippen LogP contribution is 2.26. The lowest BCUT2D eigenvalue weighted by atomic mass is 10.1. The van der Waals surface area contributed by atoms with E-state index in [1.54, 1.807) is 37.5 Å². The van der Waals surface area contributed by atoms with Gasteiger partial charge in [0.05, 0.1) is 18.3 Å². The summed E-state index contributed by atoms with van der Waals surface area (Å²) in [6.45, 7) is 5.69. The van der Waals surface area contributed by atoms with Crippen molar-refractivity contribution in [1.29, 1.82) is 0 Å². The van der Waals surface area contributed by atoms with Crippen molar-refractivity contribution in [1.82, 2.24) is 15.0 Å². The van der Waals surface area contributed by atoms with Crippen LogP contribution in [0.4, 0.5) is 21.8 Å². The van der Waals surface area contributed by atoms with Gasteiger partial charge < -0.3 is 15.7 Å². The fourth-order valence-corrected chi connectivity index (χ4v) is 2.71. The van der Waals surface area contributed by atoms with Gasteiger partial charge >= 0.3 is 0 Å². The molecular weight excluding hydrogens is 357 g/mol. The fourth-order valence-electron chi connectivity index (χ4n) is 2.71. The number of nitrogens with zero attached hydrogens (tertiary/aromatic N) is 3. The lowest BCUT2D eigenvalue weighted by Gasteiger charge is -2.21. The molecule has 3 aromatic rings. The third-order valence-electron chi connectivity index (χ3n) is 4.53. The van der Waals surface area contributed by atoms with Crippen molar-refractivity contribution < 1.29 is 9.50 Å². The summed E-state index contributed by atoms with van der Waals surface area (Å²) in [5.41, 5.74) is 2.64. The van der Waals surface area contributed by atoms with Gasteiger partial charge in [0.25, 0.3) is 0 Å². The number of aliphatic hydroxyl groups excluding tert-OH is 1. The summed E-state index contributed by atoms with van der Waals surface area (Å²) >= 11 is 0. The lowest BCUT2D eigenvalue weighted by molar-refractivity contribution is 0.248. The average molecular weight is 381 g/mol. The van der Waals surface area contributed by atoms with Crippen molar-refractivity contribution in [3.8, 4) is 11.3 Å². The highest BCUT2D eigenvalue weighted by molar-refractivity contribution is 5.68. The molecule has 3 N–H and O–H groups in total. The monoisotopic (exact) mass is 381 g/mol. The van der Waals surface area contributed by atoms with Gasteiger partial charge in [0, 0.05) is 35.3 Å². The molecule has 28 heavy (non-hydrogen) atoms. The molecule has 7 heteroatoms.